The summed E-state index contributed by atoms with van der Waals surface area (Å²) < 4.78 is 27.2. The molecular weight excluding hydrogens is 310 g/mol. The Morgan fingerprint density at radius 3 is 2.71 bits per heavy atom. The number of carbonyl (C=O) groups excluding carboxylic acids is 1. The van der Waals surface area contributed by atoms with Crippen molar-refractivity contribution in [2.75, 3.05) is 6.54 Å². The Morgan fingerprint density at radius 1 is 1.33 bits per heavy atom. The molecule has 130 valence electrons. The number of amides is 1. The fourth-order valence-electron chi connectivity index (χ4n) is 5.10. The van der Waals surface area contributed by atoms with Gasteiger partial charge < -0.3 is 4.90 Å². The third kappa shape index (κ3) is 2.44. The smallest absolute Gasteiger partial charge is 0.272 e. The van der Waals surface area contributed by atoms with Gasteiger partial charge in [-0.05, 0) is 43.2 Å². The SMILES string of the molecule is CC(F)(F)c1cnc2c(c1)CN(C(=O)C13CCCC1CCC3)CC2. The van der Waals surface area contributed by atoms with E-state index in [-0.39, 0.29) is 16.9 Å². The molecule has 0 bridgehead atoms. The van der Waals surface area contributed by atoms with Gasteiger partial charge in [0.25, 0.3) is 5.92 Å². The predicted octanol–water partition coefficient (Wildman–Crippen LogP) is 4.05. The Hall–Kier alpha value is -1.52. The van der Waals surface area contributed by atoms with Gasteiger partial charge in [0.1, 0.15) is 0 Å². The summed E-state index contributed by atoms with van der Waals surface area (Å²) in [5, 5.41) is 0. The van der Waals surface area contributed by atoms with Crippen LogP contribution < -0.4 is 0 Å². The number of hydrogen-bond donors (Lipinski definition) is 0. The molecule has 1 aliphatic heterocycles. The fourth-order valence-corrected chi connectivity index (χ4v) is 5.10. The van der Waals surface area contributed by atoms with Gasteiger partial charge in [0.15, 0.2) is 0 Å². The van der Waals surface area contributed by atoms with E-state index in [0.717, 1.165) is 43.9 Å². The number of alkyl halides is 2. The largest absolute Gasteiger partial charge is 0.337 e. The lowest BCUT2D eigenvalue weighted by Gasteiger charge is -2.37. The van der Waals surface area contributed by atoms with Gasteiger partial charge in [0.2, 0.25) is 5.91 Å². The van der Waals surface area contributed by atoms with Gasteiger partial charge >= 0.3 is 0 Å². The van der Waals surface area contributed by atoms with Crippen molar-refractivity contribution in [1.82, 2.24) is 9.88 Å². The first-order chi connectivity index (χ1) is 11.4. The van der Waals surface area contributed by atoms with Crippen molar-refractivity contribution in [3.05, 3.63) is 29.1 Å². The van der Waals surface area contributed by atoms with Crippen molar-refractivity contribution in [2.24, 2.45) is 11.3 Å². The maximum atomic E-state index is 13.6. The molecule has 2 aliphatic carbocycles. The van der Waals surface area contributed by atoms with Gasteiger partial charge in [-0.15, -0.1) is 0 Å². The van der Waals surface area contributed by atoms with Crippen LogP contribution in [0.25, 0.3) is 0 Å². The quantitative estimate of drug-likeness (QED) is 0.817. The summed E-state index contributed by atoms with van der Waals surface area (Å²) in [7, 11) is 0. The third-order valence-electron chi connectivity index (χ3n) is 6.39. The average Bonchev–Trinajstić information content (AvgIpc) is 3.13. The highest BCUT2D eigenvalue weighted by atomic mass is 19.3. The molecule has 1 aromatic rings. The van der Waals surface area contributed by atoms with Crippen LogP contribution in [0.1, 0.15) is 62.3 Å². The van der Waals surface area contributed by atoms with Crippen LogP contribution >= 0.6 is 0 Å². The summed E-state index contributed by atoms with van der Waals surface area (Å²) in [5.41, 5.74) is 1.43. The minimum atomic E-state index is -2.89. The number of pyridine rings is 1. The molecule has 0 N–H and O–H groups in total. The second-order valence-electron chi connectivity index (χ2n) is 7.83. The van der Waals surface area contributed by atoms with Gasteiger partial charge in [0, 0.05) is 43.9 Å². The van der Waals surface area contributed by atoms with Gasteiger partial charge in [0.05, 0.1) is 5.41 Å². The number of halogens is 2. The summed E-state index contributed by atoms with van der Waals surface area (Å²) in [5.74, 6) is -2.09. The molecule has 1 aromatic heterocycles. The molecule has 4 rings (SSSR count). The summed E-state index contributed by atoms with van der Waals surface area (Å²) in [4.78, 5) is 19.4. The number of rotatable bonds is 2. The molecule has 5 heteroatoms. The molecule has 0 spiro atoms. The normalized spacial score (nSPS) is 29.5. The lowest BCUT2D eigenvalue weighted by atomic mass is 9.78. The van der Waals surface area contributed by atoms with Crippen molar-refractivity contribution in [3.63, 3.8) is 0 Å². The summed E-state index contributed by atoms with van der Waals surface area (Å²) in [6.07, 6.45) is 8.59. The standard InChI is InChI=1S/C19H24F2N2O/c1-18(20,21)15-10-13-12-23(9-6-16(13)22-11-15)17(24)19-7-2-4-14(19)5-3-8-19/h10-11,14H,2-9,12H2,1H3. The van der Waals surface area contributed by atoms with E-state index >= 15 is 0 Å². The highest BCUT2D eigenvalue weighted by Gasteiger charge is 2.53. The van der Waals surface area contributed by atoms with Crippen LogP contribution in [-0.4, -0.2) is 22.3 Å². The van der Waals surface area contributed by atoms with E-state index in [1.165, 1.54) is 19.0 Å². The van der Waals surface area contributed by atoms with Crippen molar-refractivity contribution in [2.45, 2.75) is 64.3 Å². The predicted molar refractivity (Wildman–Crippen MR) is 86.6 cm³/mol. The molecule has 24 heavy (non-hydrogen) atoms. The minimum absolute atomic E-state index is 0.0617. The van der Waals surface area contributed by atoms with Crippen LogP contribution in [0.5, 0.6) is 0 Å². The first-order valence-electron chi connectivity index (χ1n) is 9.06. The number of nitrogens with zero attached hydrogens (tertiary/aromatic N) is 2. The maximum absolute atomic E-state index is 13.6. The number of hydrogen-bond acceptors (Lipinski definition) is 2. The van der Waals surface area contributed by atoms with Gasteiger partial charge in [-0.1, -0.05) is 12.8 Å². The highest BCUT2D eigenvalue weighted by Crippen LogP contribution is 2.55. The van der Waals surface area contributed by atoms with E-state index in [0.29, 0.717) is 25.4 Å². The Balaban J connectivity index is 1.59. The van der Waals surface area contributed by atoms with E-state index in [1.54, 1.807) is 6.07 Å². The topological polar surface area (TPSA) is 33.2 Å². The molecule has 3 nitrogen and oxygen atoms in total. The first-order valence-corrected chi connectivity index (χ1v) is 9.06. The number of carbonyl (C=O) groups is 1. The Morgan fingerprint density at radius 2 is 2.04 bits per heavy atom. The molecule has 0 unspecified atom stereocenters. The van der Waals surface area contributed by atoms with Crippen molar-refractivity contribution in [1.29, 1.82) is 0 Å². The van der Waals surface area contributed by atoms with E-state index in [1.807, 2.05) is 4.90 Å². The van der Waals surface area contributed by atoms with E-state index in [9.17, 15) is 13.6 Å². The second-order valence-corrected chi connectivity index (χ2v) is 7.83. The maximum Gasteiger partial charge on any atom is 0.272 e. The van der Waals surface area contributed by atoms with Gasteiger partial charge in [-0.25, -0.2) is 8.78 Å². The van der Waals surface area contributed by atoms with Crippen molar-refractivity contribution >= 4 is 5.91 Å². The summed E-state index contributed by atoms with van der Waals surface area (Å²) >= 11 is 0. The third-order valence-corrected chi connectivity index (χ3v) is 6.39. The zero-order valence-electron chi connectivity index (χ0n) is 14.2. The molecule has 2 saturated carbocycles. The zero-order chi connectivity index (χ0) is 16.9. The zero-order valence-corrected chi connectivity index (χ0v) is 14.2. The summed E-state index contributed by atoms with van der Waals surface area (Å²) in [6, 6.07) is 1.54. The van der Waals surface area contributed by atoms with Crippen LogP contribution in [-0.2, 0) is 23.7 Å². The van der Waals surface area contributed by atoms with Gasteiger partial charge in [-0.3, -0.25) is 9.78 Å². The summed E-state index contributed by atoms with van der Waals surface area (Å²) in [6.45, 7) is 1.98. The van der Waals surface area contributed by atoms with E-state index in [4.69, 9.17) is 0 Å². The molecule has 0 radical (unpaired) electrons. The molecular formula is C19H24F2N2O. The first kappa shape index (κ1) is 16.0. The molecule has 0 saturated heterocycles. The van der Waals surface area contributed by atoms with Crippen LogP contribution in [0.2, 0.25) is 0 Å². The van der Waals surface area contributed by atoms with Crippen LogP contribution in [0.4, 0.5) is 8.78 Å². The molecule has 3 aliphatic rings. The van der Waals surface area contributed by atoms with Crippen molar-refractivity contribution < 1.29 is 13.6 Å². The number of fused-ring (bicyclic) bond motifs is 2. The fraction of sp³-hybridized carbons (Fsp3) is 0.684. The monoisotopic (exact) mass is 334 g/mol. The lowest BCUT2D eigenvalue weighted by molar-refractivity contribution is -0.144. The van der Waals surface area contributed by atoms with Crippen molar-refractivity contribution in [3.8, 4) is 0 Å². The van der Waals surface area contributed by atoms with Gasteiger partial charge in [-0.2, -0.15) is 0 Å². The minimum Gasteiger partial charge on any atom is -0.337 e. The van der Waals surface area contributed by atoms with E-state index in [2.05, 4.69) is 4.98 Å². The molecule has 0 atom stereocenters. The van der Waals surface area contributed by atoms with E-state index < -0.39 is 5.92 Å². The van der Waals surface area contributed by atoms with Crippen LogP contribution in [0.15, 0.2) is 12.3 Å². The highest BCUT2D eigenvalue weighted by molar-refractivity contribution is 5.84. The Bertz CT molecular complexity index is 658. The average molecular weight is 334 g/mol. The molecule has 2 fully saturated rings. The second kappa shape index (κ2) is 5.50. The van der Waals surface area contributed by atoms with Crippen LogP contribution in [0.3, 0.4) is 0 Å². The Labute approximate surface area is 141 Å². The molecule has 2 heterocycles. The number of aromatic nitrogens is 1. The Kier molecular flexibility index (Phi) is 3.66. The molecule has 0 aromatic carbocycles. The lowest BCUT2D eigenvalue weighted by Crippen LogP contribution is -2.46. The molecule has 1 amide bonds. The van der Waals surface area contributed by atoms with Crippen LogP contribution in [0, 0.1) is 11.3 Å².